The largest absolute Gasteiger partial charge is 0.324 e. The number of nitrogens with one attached hydrogen (secondary N) is 2. The number of aryl methyl sites for hydroxylation is 1. The van der Waals surface area contributed by atoms with Gasteiger partial charge in [0.1, 0.15) is 10.3 Å². The van der Waals surface area contributed by atoms with Crippen molar-refractivity contribution in [2.24, 2.45) is 0 Å². The number of carbonyl (C=O) groups excluding carboxylic acids is 1. The zero-order valence-electron chi connectivity index (χ0n) is 15.1. The molecule has 5 nitrogen and oxygen atoms in total. The molecule has 2 N–H and O–H groups in total. The lowest BCUT2D eigenvalue weighted by Gasteiger charge is -2.19. The first kappa shape index (κ1) is 20.7. The van der Waals surface area contributed by atoms with E-state index in [1.54, 1.807) is 12.1 Å². The Bertz CT molecular complexity index is 1070. The Balaban J connectivity index is 1.86. The van der Waals surface area contributed by atoms with Crippen molar-refractivity contribution in [3.05, 3.63) is 81.6 Å². The van der Waals surface area contributed by atoms with E-state index in [4.69, 9.17) is 0 Å². The molecular weight excluding hydrogens is 460 g/mol. The molecule has 0 aliphatic rings. The molecule has 1 aromatic heterocycles. The Morgan fingerprint density at radius 2 is 1.71 bits per heavy atom. The first-order valence-corrected chi connectivity index (χ1v) is 11.6. The minimum absolute atomic E-state index is 0.154. The van der Waals surface area contributed by atoms with Crippen molar-refractivity contribution in [2.75, 3.05) is 5.32 Å². The van der Waals surface area contributed by atoms with Crippen LogP contribution >= 0.6 is 27.3 Å². The van der Waals surface area contributed by atoms with Gasteiger partial charge in [0.05, 0.1) is 3.79 Å². The Kier molecular flexibility index (Phi) is 6.66. The number of halogens is 1. The molecule has 1 unspecified atom stereocenters. The Labute approximate surface area is 177 Å². The molecule has 0 saturated heterocycles. The average molecular weight is 479 g/mol. The van der Waals surface area contributed by atoms with Crippen LogP contribution in [0.4, 0.5) is 5.69 Å². The van der Waals surface area contributed by atoms with Crippen molar-refractivity contribution >= 4 is 48.9 Å². The molecule has 0 fully saturated rings. The van der Waals surface area contributed by atoms with Crippen LogP contribution in [0.15, 0.2) is 74.7 Å². The zero-order valence-corrected chi connectivity index (χ0v) is 18.3. The number of carbonyl (C=O) groups is 1. The van der Waals surface area contributed by atoms with Crippen LogP contribution < -0.4 is 10.0 Å². The standard InChI is InChI=1S/C20H19BrN2O3S2/c1-14-7-5-6-10-16(14)22-20(24)17(13-15-8-3-2-4-9-15)23-28(25,26)19-12-11-18(21)27-19/h2-12,17,23H,13H2,1H3,(H,22,24). The van der Waals surface area contributed by atoms with Gasteiger partial charge >= 0.3 is 0 Å². The van der Waals surface area contributed by atoms with E-state index in [1.807, 2.05) is 55.5 Å². The zero-order chi connectivity index (χ0) is 20.1. The summed E-state index contributed by atoms with van der Waals surface area (Å²) in [6, 6.07) is 18.9. The van der Waals surface area contributed by atoms with E-state index < -0.39 is 22.0 Å². The number of para-hydroxylation sites is 1. The molecule has 1 heterocycles. The van der Waals surface area contributed by atoms with Crippen LogP contribution in [0.2, 0.25) is 0 Å². The number of rotatable bonds is 7. The number of anilines is 1. The highest BCUT2D eigenvalue weighted by Gasteiger charge is 2.27. The third kappa shape index (κ3) is 5.29. The quantitative estimate of drug-likeness (QED) is 0.529. The molecule has 28 heavy (non-hydrogen) atoms. The summed E-state index contributed by atoms with van der Waals surface area (Å²) in [5.74, 6) is -0.405. The summed E-state index contributed by atoms with van der Waals surface area (Å²) in [5, 5.41) is 2.84. The maximum absolute atomic E-state index is 12.9. The summed E-state index contributed by atoms with van der Waals surface area (Å²) in [6.07, 6.45) is 0.240. The molecule has 1 amide bonds. The minimum Gasteiger partial charge on any atom is -0.324 e. The van der Waals surface area contributed by atoms with Gasteiger partial charge in [0.15, 0.2) is 0 Å². The molecule has 0 saturated carbocycles. The maximum atomic E-state index is 12.9. The molecule has 2 aromatic carbocycles. The normalized spacial score (nSPS) is 12.5. The number of benzene rings is 2. The van der Waals surface area contributed by atoms with Crippen molar-refractivity contribution < 1.29 is 13.2 Å². The highest BCUT2D eigenvalue weighted by atomic mass is 79.9. The average Bonchev–Trinajstić information content (AvgIpc) is 3.11. The van der Waals surface area contributed by atoms with Crippen molar-refractivity contribution in [3.63, 3.8) is 0 Å². The minimum atomic E-state index is -3.83. The van der Waals surface area contributed by atoms with Crippen LogP contribution in [0.25, 0.3) is 0 Å². The molecule has 0 bridgehead atoms. The summed E-state index contributed by atoms with van der Waals surface area (Å²) >= 11 is 4.37. The molecular formula is C20H19BrN2O3S2. The molecule has 3 aromatic rings. The number of hydrogen-bond acceptors (Lipinski definition) is 4. The highest BCUT2D eigenvalue weighted by molar-refractivity contribution is 9.11. The van der Waals surface area contributed by atoms with Crippen LogP contribution in [-0.4, -0.2) is 20.4 Å². The van der Waals surface area contributed by atoms with Crippen molar-refractivity contribution in [2.45, 2.75) is 23.6 Å². The molecule has 1 atom stereocenters. The fraction of sp³-hybridized carbons (Fsp3) is 0.150. The van der Waals surface area contributed by atoms with E-state index in [2.05, 4.69) is 26.0 Å². The molecule has 0 aliphatic heterocycles. The molecule has 3 rings (SSSR count). The Hall–Kier alpha value is -2.00. The molecule has 0 spiro atoms. The van der Waals surface area contributed by atoms with Crippen molar-refractivity contribution in [1.82, 2.24) is 4.72 Å². The number of amides is 1. The predicted octanol–water partition coefficient (Wildman–Crippen LogP) is 4.35. The topological polar surface area (TPSA) is 75.3 Å². The van der Waals surface area contributed by atoms with Gasteiger partial charge in [0, 0.05) is 5.69 Å². The first-order chi connectivity index (χ1) is 13.3. The van der Waals surface area contributed by atoms with Crippen molar-refractivity contribution in [1.29, 1.82) is 0 Å². The summed E-state index contributed by atoms with van der Waals surface area (Å²) in [6.45, 7) is 1.88. The van der Waals surface area contributed by atoms with Gasteiger partial charge in [0.2, 0.25) is 5.91 Å². The molecule has 8 heteroatoms. The Morgan fingerprint density at radius 1 is 1.04 bits per heavy atom. The van der Waals surface area contributed by atoms with Crippen LogP contribution in [-0.2, 0) is 21.2 Å². The van der Waals surface area contributed by atoms with Gasteiger partial charge in [-0.3, -0.25) is 4.79 Å². The molecule has 0 radical (unpaired) electrons. The summed E-state index contributed by atoms with van der Waals surface area (Å²) < 4.78 is 29.0. The SMILES string of the molecule is Cc1ccccc1NC(=O)C(Cc1ccccc1)NS(=O)(=O)c1ccc(Br)s1. The van der Waals surface area contributed by atoms with Gasteiger partial charge in [-0.25, -0.2) is 8.42 Å². The molecule has 146 valence electrons. The summed E-state index contributed by atoms with van der Waals surface area (Å²) in [4.78, 5) is 12.9. The highest BCUT2D eigenvalue weighted by Crippen LogP contribution is 2.26. The van der Waals surface area contributed by atoms with Gasteiger partial charge < -0.3 is 5.32 Å². The lowest BCUT2D eigenvalue weighted by atomic mass is 10.1. The third-order valence-electron chi connectivity index (χ3n) is 4.11. The van der Waals surface area contributed by atoms with Gasteiger partial charge in [-0.2, -0.15) is 4.72 Å². The Morgan fingerprint density at radius 3 is 2.36 bits per heavy atom. The van der Waals surface area contributed by atoms with E-state index in [1.165, 1.54) is 6.07 Å². The second kappa shape index (κ2) is 9.00. The second-order valence-corrected chi connectivity index (χ2v) is 10.6. The van der Waals surface area contributed by atoms with Crippen LogP contribution in [0.3, 0.4) is 0 Å². The van der Waals surface area contributed by atoms with Crippen molar-refractivity contribution in [3.8, 4) is 0 Å². The predicted molar refractivity (Wildman–Crippen MR) is 116 cm³/mol. The third-order valence-corrected chi connectivity index (χ3v) is 7.70. The van der Waals surface area contributed by atoms with Gasteiger partial charge in [-0.15, -0.1) is 11.3 Å². The fourth-order valence-electron chi connectivity index (χ4n) is 2.66. The fourth-order valence-corrected chi connectivity index (χ4v) is 5.88. The summed E-state index contributed by atoms with van der Waals surface area (Å²) in [5.41, 5.74) is 2.42. The lowest BCUT2D eigenvalue weighted by molar-refractivity contribution is -0.117. The van der Waals surface area contributed by atoms with E-state index in [0.29, 0.717) is 9.47 Å². The maximum Gasteiger partial charge on any atom is 0.250 e. The second-order valence-electron chi connectivity index (χ2n) is 6.23. The smallest absolute Gasteiger partial charge is 0.250 e. The van der Waals surface area contributed by atoms with Crippen LogP contribution in [0.1, 0.15) is 11.1 Å². The van der Waals surface area contributed by atoms with Crippen LogP contribution in [0.5, 0.6) is 0 Å². The van der Waals surface area contributed by atoms with E-state index in [0.717, 1.165) is 22.5 Å². The van der Waals surface area contributed by atoms with Crippen LogP contribution in [0, 0.1) is 6.92 Å². The van der Waals surface area contributed by atoms with E-state index in [-0.39, 0.29) is 10.6 Å². The first-order valence-electron chi connectivity index (χ1n) is 8.53. The lowest BCUT2D eigenvalue weighted by Crippen LogP contribution is -2.45. The van der Waals surface area contributed by atoms with Gasteiger partial charge in [0.25, 0.3) is 10.0 Å². The molecule has 0 aliphatic carbocycles. The van der Waals surface area contributed by atoms with E-state index >= 15 is 0 Å². The van der Waals surface area contributed by atoms with Gasteiger partial charge in [-0.1, -0.05) is 48.5 Å². The summed E-state index contributed by atoms with van der Waals surface area (Å²) in [7, 11) is -3.83. The monoisotopic (exact) mass is 478 g/mol. The van der Waals surface area contributed by atoms with Gasteiger partial charge in [-0.05, 0) is 58.6 Å². The number of sulfonamides is 1. The number of hydrogen-bond donors (Lipinski definition) is 2. The number of thiophene rings is 1. The van der Waals surface area contributed by atoms with E-state index in [9.17, 15) is 13.2 Å².